The zero-order valence-corrected chi connectivity index (χ0v) is 25.9. The molecule has 2 aliphatic carbocycles. The highest BCUT2D eigenvalue weighted by molar-refractivity contribution is 7.97. The lowest BCUT2D eigenvalue weighted by Crippen LogP contribution is -2.40. The molecular formula is C31H53N5S2. The van der Waals surface area contributed by atoms with Gasteiger partial charge in [-0.3, -0.25) is 0 Å². The quantitative estimate of drug-likeness (QED) is 0.335. The summed E-state index contributed by atoms with van der Waals surface area (Å²) in [6.45, 7) is 11.3. The van der Waals surface area contributed by atoms with E-state index in [4.69, 9.17) is 0 Å². The lowest BCUT2D eigenvalue weighted by molar-refractivity contribution is 0.180. The van der Waals surface area contributed by atoms with Gasteiger partial charge >= 0.3 is 0 Å². The van der Waals surface area contributed by atoms with Crippen molar-refractivity contribution in [3.8, 4) is 0 Å². The van der Waals surface area contributed by atoms with Gasteiger partial charge in [0.05, 0.1) is 0 Å². The van der Waals surface area contributed by atoms with Crippen LogP contribution in [0.5, 0.6) is 0 Å². The Labute approximate surface area is 242 Å². The first-order valence-corrected chi connectivity index (χ1v) is 17.2. The molecule has 5 nitrogen and oxygen atoms in total. The third-order valence-corrected chi connectivity index (χ3v) is 11.3. The molecule has 2 saturated heterocycles. The van der Waals surface area contributed by atoms with Crippen LogP contribution in [0.15, 0.2) is 29.2 Å². The van der Waals surface area contributed by atoms with Crippen LogP contribution in [0.1, 0.15) is 77.0 Å². The molecule has 0 amide bonds. The summed E-state index contributed by atoms with van der Waals surface area (Å²) >= 11 is 4.11. The first kappa shape index (κ1) is 29.1. The topological polar surface area (TPSA) is 16.2 Å². The van der Waals surface area contributed by atoms with Crippen molar-refractivity contribution < 1.29 is 0 Å². The highest BCUT2D eigenvalue weighted by atomic mass is 32.2. The van der Waals surface area contributed by atoms with E-state index in [1.165, 1.54) is 147 Å². The lowest BCUT2D eigenvalue weighted by Gasteiger charge is -2.36. The minimum atomic E-state index is 0.486. The van der Waals surface area contributed by atoms with Gasteiger partial charge in [0.25, 0.3) is 0 Å². The molecule has 4 aliphatic rings. The summed E-state index contributed by atoms with van der Waals surface area (Å²) in [5.41, 5.74) is 1.77. The molecule has 0 aromatic heterocycles. The summed E-state index contributed by atoms with van der Waals surface area (Å²) in [4.78, 5) is 6.43. The molecule has 1 spiro atoms. The molecule has 2 saturated carbocycles. The molecule has 0 atom stereocenters. The Balaban J connectivity index is 1.26. The first-order valence-electron chi connectivity index (χ1n) is 15.7. The minimum absolute atomic E-state index is 0.486. The van der Waals surface area contributed by atoms with Crippen LogP contribution in [0.25, 0.3) is 0 Å². The third-order valence-electron chi connectivity index (χ3n) is 9.12. The van der Waals surface area contributed by atoms with Crippen LogP contribution in [-0.4, -0.2) is 90.8 Å². The van der Waals surface area contributed by atoms with Crippen molar-refractivity contribution in [1.82, 2.24) is 17.8 Å². The minimum Gasteiger partial charge on any atom is -0.378 e. The number of hydrogen-bond donors (Lipinski definition) is 0. The monoisotopic (exact) mass is 559 g/mol. The fraction of sp³-hybridized carbons (Fsp3) is 0.806. The van der Waals surface area contributed by atoms with E-state index in [1.54, 1.807) is 0 Å². The van der Waals surface area contributed by atoms with Crippen molar-refractivity contribution in [3.05, 3.63) is 24.3 Å². The summed E-state index contributed by atoms with van der Waals surface area (Å²) in [6, 6.07) is 9.19. The van der Waals surface area contributed by atoms with Crippen LogP contribution in [0, 0.1) is 11.3 Å². The number of piperidine rings is 1. The second-order valence-electron chi connectivity index (χ2n) is 12.8. The van der Waals surface area contributed by atoms with Crippen LogP contribution in [0.3, 0.4) is 0 Å². The van der Waals surface area contributed by atoms with E-state index in [0.29, 0.717) is 5.41 Å². The molecular weight excluding hydrogens is 507 g/mol. The van der Waals surface area contributed by atoms with Crippen LogP contribution < -0.4 is 4.90 Å². The zero-order chi connectivity index (χ0) is 26.2. The van der Waals surface area contributed by atoms with Gasteiger partial charge in [-0.1, -0.05) is 25.7 Å². The Kier molecular flexibility index (Phi) is 11.1. The summed E-state index contributed by atoms with van der Waals surface area (Å²) in [5.74, 6) is 0.936. The van der Waals surface area contributed by atoms with E-state index in [1.807, 2.05) is 11.9 Å². The van der Waals surface area contributed by atoms with Gasteiger partial charge in [0.2, 0.25) is 0 Å². The van der Waals surface area contributed by atoms with Gasteiger partial charge in [-0.15, -0.1) is 0 Å². The molecule has 38 heavy (non-hydrogen) atoms. The van der Waals surface area contributed by atoms with Crippen LogP contribution in [0.4, 0.5) is 5.69 Å². The third kappa shape index (κ3) is 9.04. The SMILES string of the molecule is CN(C)c1ccc(SN2CCCN(CC3CCCCC3)CCCN(SN3CCCCC3)CC3(CC3)C2)cc1. The Hall–Kier alpha value is -0.440. The molecule has 4 fully saturated rings. The molecule has 0 bridgehead atoms. The molecule has 214 valence electrons. The summed E-state index contributed by atoms with van der Waals surface area (Å²) in [6.07, 6.45) is 16.9. The molecule has 1 aromatic rings. The fourth-order valence-corrected chi connectivity index (χ4v) is 9.04. The second kappa shape index (κ2) is 14.5. The van der Waals surface area contributed by atoms with E-state index >= 15 is 0 Å². The first-order chi connectivity index (χ1) is 18.6. The highest BCUT2D eigenvalue weighted by Crippen LogP contribution is 2.49. The van der Waals surface area contributed by atoms with Crippen LogP contribution in [-0.2, 0) is 0 Å². The van der Waals surface area contributed by atoms with Crippen molar-refractivity contribution in [2.24, 2.45) is 11.3 Å². The van der Waals surface area contributed by atoms with Crippen molar-refractivity contribution in [3.63, 3.8) is 0 Å². The Morgan fingerprint density at radius 3 is 1.97 bits per heavy atom. The highest BCUT2D eigenvalue weighted by Gasteiger charge is 2.45. The van der Waals surface area contributed by atoms with Gasteiger partial charge in [0.1, 0.15) is 0 Å². The maximum atomic E-state index is 2.85. The zero-order valence-electron chi connectivity index (χ0n) is 24.3. The summed E-state index contributed by atoms with van der Waals surface area (Å²) in [5, 5.41) is 0. The van der Waals surface area contributed by atoms with Gasteiger partial charge in [-0.05, 0) is 112 Å². The molecule has 0 unspecified atom stereocenters. The largest absolute Gasteiger partial charge is 0.378 e. The maximum absolute atomic E-state index is 2.85. The number of anilines is 1. The fourth-order valence-electron chi connectivity index (χ4n) is 6.63. The number of rotatable bonds is 7. The number of hydrogen-bond acceptors (Lipinski definition) is 7. The van der Waals surface area contributed by atoms with E-state index in [-0.39, 0.29) is 0 Å². The van der Waals surface area contributed by atoms with E-state index in [9.17, 15) is 0 Å². The van der Waals surface area contributed by atoms with Crippen LogP contribution in [0.2, 0.25) is 0 Å². The van der Waals surface area contributed by atoms with Gasteiger partial charge in [0, 0.05) is 82.6 Å². The predicted molar refractivity (Wildman–Crippen MR) is 167 cm³/mol. The maximum Gasteiger partial charge on any atom is 0.0361 e. The smallest absolute Gasteiger partial charge is 0.0361 e. The molecule has 5 rings (SSSR count). The normalized spacial score (nSPS) is 25.6. The average Bonchev–Trinajstić information content (AvgIpc) is 3.68. The van der Waals surface area contributed by atoms with Crippen molar-refractivity contribution in [2.75, 3.05) is 77.9 Å². The molecule has 7 heteroatoms. The number of benzene rings is 1. The second-order valence-corrected chi connectivity index (χ2v) is 15.2. The molecule has 0 N–H and O–H groups in total. The molecule has 2 heterocycles. The van der Waals surface area contributed by atoms with Crippen molar-refractivity contribution >= 4 is 29.8 Å². The average molecular weight is 560 g/mol. The molecule has 0 radical (unpaired) electrons. The summed E-state index contributed by atoms with van der Waals surface area (Å²) in [7, 11) is 4.25. The van der Waals surface area contributed by atoms with E-state index < -0.39 is 0 Å². The molecule has 2 aliphatic heterocycles. The Morgan fingerprint density at radius 2 is 1.32 bits per heavy atom. The Morgan fingerprint density at radius 1 is 0.711 bits per heavy atom. The standard InChI is InChI=1S/C31H53N5S2/c1-32(2)29-13-15-30(16-14-29)37-35-23-9-19-33(25-28-11-5-3-6-12-28)20-10-24-36(27-31(26-35)17-18-31)38-34-21-7-4-8-22-34/h13-16,28H,3-12,17-27H2,1-2H3. The van der Waals surface area contributed by atoms with Gasteiger partial charge in [-0.25, -0.2) is 12.9 Å². The van der Waals surface area contributed by atoms with Gasteiger partial charge in [0.15, 0.2) is 0 Å². The van der Waals surface area contributed by atoms with Crippen molar-refractivity contribution in [2.45, 2.75) is 81.9 Å². The summed E-state index contributed by atoms with van der Waals surface area (Å²) < 4.78 is 8.19. The Bertz CT molecular complexity index is 818. The predicted octanol–water partition coefficient (Wildman–Crippen LogP) is 6.87. The van der Waals surface area contributed by atoms with Crippen LogP contribution >= 0.6 is 24.1 Å². The molecule has 1 aromatic carbocycles. The van der Waals surface area contributed by atoms with Crippen molar-refractivity contribution in [1.29, 1.82) is 0 Å². The van der Waals surface area contributed by atoms with E-state index in [2.05, 4.69) is 73.2 Å². The van der Waals surface area contributed by atoms with E-state index in [0.717, 1.165) is 5.92 Å². The number of nitrogens with zero attached hydrogens (tertiary/aromatic N) is 5. The van der Waals surface area contributed by atoms with Gasteiger partial charge < -0.3 is 9.80 Å². The van der Waals surface area contributed by atoms with Gasteiger partial charge in [-0.2, -0.15) is 0 Å². The lowest BCUT2D eigenvalue weighted by atomic mass is 9.89.